The number of anilines is 3. The summed E-state index contributed by atoms with van der Waals surface area (Å²) in [5.41, 5.74) is 14.3. The van der Waals surface area contributed by atoms with Crippen molar-refractivity contribution in [3.63, 3.8) is 0 Å². The predicted molar refractivity (Wildman–Crippen MR) is 101 cm³/mol. The van der Waals surface area contributed by atoms with Crippen LogP contribution < -0.4 is 21.7 Å². The minimum atomic E-state index is -0.580. The maximum Gasteiger partial charge on any atom is 0.225 e. The van der Waals surface area contributed by atoms with Crippen LogP contribution >= 0.6 is 0 Å². The maximum atomic E-state index is 12.2. The lowest BCUT2D eigenvalue weighted by Crippen LogP contribution is -2.24. The van der Waals surface area contributed by atoms with Crippen molar-refractivity contribution < 1.29 is 9.59 Å². The van der Waals surface area contributed by atoms with E-state index < -0.39 is 11.8 Å². The average molecular weight is 340 g/mol. The van der Waals surface area contributed by atoms with Gasteiger partial charge in [-0.2, -0.15) is 0 Å². The van der Waals surface area contributed by atoms with Crippen LogP contribution in [-0.4, -0.2) is 25.9 Å². The molecule has 0 bridgehead atoms. The molecule has 1 atom stereocenters. The molecule has 2 rings (SSSR count). The van der Waals surface area contributed by atoms with Crippen molar-refractivity contribution in [3.05, 3.63) is 54.1 Å². The predicted octanol–water partition coefficient (Wildman–Crippen LogP) is 2.32. The van der Waals surface area contributed by atoms with Crippen LogP contribution in [0.2, 0.25) is 0 Å². The molecular formula is C19H24N4O2. The second-order valence-electron chi connectivity index (χ2n) is 6.11. The summed E-state index contributed by atoms with van der Waals surface area (Å²) in [5.74, 6) is -1.23. The van der Waals surface area contributed by atoms with Gasteiger partial charge in [0.1, 0.15) is 0 Å². The summed E-state index contributed by atoms with van der Waals surface area (Å²) in [6, 6.07) is 14.6. The van der Waals surface area contributed by atoms with E-state index in [1.807, 2.05) is 43.3 Å². The van der Waals surface area contributed by atoms with Crippen LogP contribution in [-0.2, 0) is 9.59 Å². The maximum absolute atomic E-state index is 12.2. The molecule has 132 valence electrons. The number of carbonyl (C=O) groups is 2. The van der Waals surface area contributed by atoms with Gasteiger partial charge in [-0.3, -0.25) is 9.59 Å². The molecule has 0 fully saturated rings. The number of nitrogens with zero attached hydrogens (tertiary/aromatic N) is 1. The topological polar surface area (TPSA) is 101 Å². The third-order valence-corrected chi connectivity index (χ3v) is 4.04. The molecule has 2 aromatic carbocycles. The van der Waals surface area contributed by atoms with Crippen LogP contribution in [0.15, 0.2) is 48.5 Å². The molecule has 6 heteroatoms. The summed E-state index contributed by atoms with van der Waals surface area (Å²) < 4.78 is 0. The van der Waals surface area contributed by atoms with Crippen LogP contribution in [0, 0.1) is 0 Å². The molecule has 5 N–H and O–H groups in total. The van der Waals surface area contributed by atoms with E-state index in [1.165, 1.54) is 0 Å². The van der Waals surface area contributed by atoms with Crippen LogP contribution in [0.3, 0.4) is 0 Å². The van der Waals surface area contributed by atoms with Gasteiger partial charge < -0.3 is 21.7 Å². The fraction of sp³-hybridized carbons (Fsp3) is 0.263. The first-order valence-corrected chi connectivity index (χ1v) is 8.09. The Balaban J connectivity index is 1.97. The van der Waals surface area contributed by atoms with Gasteiger partial charge in [0.05, 0.1) is 5.92 Å². The van der Waals surface area contributed by atoms with Crippen LogP contribution in [0.4, 0.5) is 17.1 Å². The van der Waals surface area contributed by atoms with E-state index in [-0.39, 0.29) is 12.3 Å². The number of amides is 2. The lowest BCUT2D eigenvalue weighted by Gasteiger charge is -2.16. The Morgan fingerprint density at radius 2 is 1.72 bits per heavy atom. The smallest absolute Gasteiger partial charge is 0.225 e. The van der Waals surface area contributed by atoms with Crippen molar-refractivity contribution in [1.82, 2.24) is 0 Å². The van der Waals surface area contributed by atoms with Crippen LogP contribution in [0.1, 0.15) is 24.3 Å². The van der Waals surface area contributed by atoms with E-state index in [4.69, 9.17) is 11.5 Å². The van der Waals surface area contributed by atoms with Crippen molar-refractivity contribution in [1.29, 1.82) is 0 Å². The number of nitrogen functional groups attached to an aromatic ring is 1. The third-order valence-electron chi connectivity index (χ3n) is 4.04. The number of nitrogens with one attached hydrogen (secondary N) is 1. The molecular weight excluding hydrogens is 316 g/mol. The Labute approximate surface area is 147 Å². The molecule has 0 radical (unpaired) electrons. The summed E-state index contributed by atoms with van der Waals surface area (Å²) in [6.45, 7) is 0. The third kappa shape index (κ3) is 4.97. The number of carbonyl (C=O) groups excluding carboxylic acids is 2. The first-order valence-electron chi connectivity index (χ1n) is 8.09. The van der Waals surface area contributed by atoms with E-state index in [1.54, 1.807) is 24.3 Å². The van der Waals surface area contributed by atoms with Gasteiger partial charge in [-0.05, 0) is 42.3 Å². The molecule has 1 unspecified atom stereocenters. The molecule has 0 saturated heterocycles. The second-order valence-corrected chi connectivity index (χ2v) is 6.11. The highest BCUT2D eigenvalue weighted by Crippen LogP contribution is 2.26. The lowest BCUT2D eigenvalue weighted by atomic mass is 9.92. The summed E-state index contributed by atoms with van der Waals surface area (Å²) in [5, 5.41) is 2.83. The standard InChI is InChI=1S/C19H24N4O2/c1-23(2)14-9-7-13(8-10-14)22-18(24)12-11-16(19(21)25)15-5-3-4-6-17(15)20/h3-10,16H,11-12,20H2,1-2H3,(H2,21,25)(H,22,24). The number of hydrogen-bond donors (Lipinski definition) is 3. The monoisotopic (exact) mass is 340 g/mol. The highest BCUT2D eigenvalue weighted by molar-refractivity contribution is 5.92. The zero-order valence-electron chi connectivity index (χ0n) is 14.5. The first-order chi connectivity index (χ1) is 11.9. The second kappa shape index (κ2) is 8.19. The Kier molecular flexibility index (Phi) is 6.00. The lowest BCUT2D eigenvalue weighted by molar-refractivity contribution is -0.120. The number of rotatable bonds is 7. The van der Waals surface area contributed by atoms with Crippen LogP contribution in [0.5, 0.6) is 0 Å². The molecule has 6 nitrogen and oxygen atoms in total. The van der Waals surface area contributed by atoms with E-state index in [0.29, 0.717) is 23.4 Å². The fourth-order valence-corrected chi connectivity index (χ4v) is 2.62. The van der Waals surface area contributed by atoms with Crippen molar-refractivity contribution >= 4 is 28.9 Å². The zero-order chi connectivity index (χ0) is 18.4. The minimum absolute atomic E-state index is 0.168. The zero-order valence-corrected chi connectivity index (χ0v) is 14.5. The van der Waals surface area contributed by atoms with Gasteiger partial charge in [0.15, 0.2) is 0 Å². The molecule has 0 heterocycles. The average Bonchev–Trinajstić information content (AvgIpc) is 2.56. The highest BCUT2D eigenvalue weighted by Gasteiger charge is 2.21. The number of primary amides is 1. The van der Waals surface area contributed by atoms with Crippen molar-refractivity contribution in [2.75, 3.05) is 30.0 Å². The summed E-state index contributed by atoms with van der Waals surface area (Å²) in [7, 11) is 3.90. The first kappa shape index (κ1) is 18.3. The van der Waals surface area contributed by atoms with Crippen molar-refractivity contribution in [2.45, 2.75) is 18.8 Å². The molecule has 0 spiro atoms. The number of benzene rings is 2. The Morgan fingerprint density at radius 3 is 2.28 bits per heavy atom. The minimum Gasteiger partial charge on any atom is -0.398 e. The van der Waals surface area contributed by atoms with Gasteiger partial charge >= 0.3 is 0 Å². The Bertz CT molecular complexity index is 741. The molecule has 0 aliphatic rings. The quantitative estimate of drug-likeness (QED) is 0.673. The summed E-state index contributed by atoms with van der Waals surface area (Å²) in [6.07, 6.45) is 0.489. The molecule has 0 aliphatic heterocycles. The fourth-order valence-electron chi connectivity index (χ4n) is 2.62. The van der Waals surface area contributed by atoms with Gasteiger partial charge in [0.2, 0.25) is 11.8 Å². The molecule has 0 aromatic heterocycles. The molecule has 2 aromatic rings. The van der Waals surface area contributed by atoms with E-state index >= 15 is 0 Å². The Morgan fingerprint density at radius 1 is 1.08 bits per heavy atom. The van der Waals surface area contributed by atoms with Crippen molar-refractivity contribution in [2.24, 2.45) is 5.73 Å². The number of nitrogens with two attached hydrogens (primary N) is 2. The normalized spacial score (nSPS) is 11.6. The Hall–Kier alpha value is -3.02. The molecule has 25 heavy (non-hydrogen) atoms. The van der Waals surface area contributed by atoms with Gasteiger partial charge in [-0.1, -0.05) is 18.2 Å². The summed E-state index contributed by atoms with van der Waals surface area (Å²) >= 11 is 0. The summed E-state index contributed by atoms with van der Waals surface area (Å²) in [4.78, 5) is 25.9. The van der Waals surface area contributed by atoms with Gasteiger partial charge in [0, 0.05) is 37.6 Å². The number of hydrogen-bond acceptors (Lipinski definition) is 4. The van der Waals surface area contributed by atoms with E-state index in [2.05, 4.69) is 5.32 Å². The van der Waals surface area contributed by atoms with Crippen molar-refractivity contribution in [3.8, 4) is 0 Å². The van der Waals surface area contributed by atoms with Gasteiger partial charge in [-0.15, -0.1) is 0 Å². The van der Waals surface area contributed by atoms with E-state index in [0.717, 1.165) is 5.69 Å². The highest BCUT2D eigenvalue weighted by atomic mass is 16.2. The molecule has 2 amide bonds. The van der Waals surface area contributed by atoms with Gasteiger partial charge in [-0.25, -0.2) is 0 Å². The molecule has 0 saturated carbocycles. The van der Waals surface area contributed by atoms with Gasteiger partial charge in [0.25, 0.3) is 0 Å². The SMILES string of the molecule is CN(C)c1ccc(NC(=O)CCC(C(N)=O)c2ccccc2N)cc1. The number of para-hydroxylation sites is 1. The largest absolute Gasteiger partial charge is 0.398 e. The van der Waals surface area contributed by atoms with Crippen LogP contribution in [0.25, 0.3) is 0 Å². The van der Waals surface area contributed by atoms with E-state index in [9.17, 15) is 9.59 Å². The molecule has 0 aliphatic carbocycles.